The molecule has 7 atom stereocenters. The highest BCUT2D eigenvalue weighted by atomic mass is 16.7. The van der Waals surface area contributed by atoms with Crippen LogP contribution in [0, 0.1) is 0 Å². The maximum atomic E-state index is 12.3. The Morgan fingerprint density at radius 2 is 1.64 bits per heavy atom. The summed E-state index contributed by atoms with van der Waals surface area (Å²) in [6.45, 7) is -0.578. The van der Waals surface area contributed by atoms with Crippen molar-refractivity contribution < 1.29 is 74.2 Å². The normalized spacial score (nSPS) is 26.3. The number of carboxylic acid groups (broad SMARTS) is 3. The van der Waals surface area contributed by atoms with E-state index in [0.29, 0.717) is 11.1 Å². The van der Waals surface area contributed by atoms with Gasteiger partial charge in [-0.2, -0.15) is 0 Å². The van der Waals surface area contributed by atoms with Crippen LogP contribution in [-0.4, -0.2) is 120 Å². The molecule has 1 fully saturated rings. The van der Waals surface area contributed by atoms with E-state index < -0.39 is 84.7 Å². The van der Waals surface area contributed by atoms with E-state index in [9.17, 15) is 60.0 Å². The molecule has 3 heterocycles. The van der Waals surface area contributed by atoms with Gasteiger partial charge in [-0.05, 0) is 53.1 Å². The summed E-state index contributed by atoms with van der Waals surface area (Å²) >= 11 is 0. The Kier molecular flexibility index (Phi) is 10.5. The Morgan fingerprint density at radius 1 is 0.920 bits per heavy atom. The molecule has 0 aliphatic carbocycles. The highest BCUT2D eigenvalue weighted by Gasteiger charge is 2.46. The molecule has 0 radical (unpaired) electrons. The Labute approximate surface area is 282 Å². The minimum absolute atomic E-state index is 0.0377. The van der Waals surface area contributed by atoms with Gasteiger partial charge >= 0.3 is 23.9 Å². The fourth-order valence-corrected chi connectivity index (χ4v) is 5.46. The first-order chi connectivity index (χ1) is 23.7. The van der Waals surface area contributed by atoms with Crippen molar-refractivity contribution in [3.8, 4) is 17.2 Å². The molecule has 0 saturated carbocycles. The zero-order chi connectivity index (χ0) is 36.3. The molecule has 50 heavy (non-hydrogen) atoms. The van der Waals surface area contributed by atoms with Gasteiger partial charge in [-0.15, -0.1) is 0 Å². The number of hydrogen-bond donors (Lipinski definition) is 8. The minimum Gasteiger partial charge on any atom is -0.508 e. The van der Waals surface area contributed by atoms with E-state index in [0.717, 1.165) is 12.2 Å². The molecule has 8 N–H and O–H groups in total. The summed E-state index contributed by atoms with van der Waals surface area (Å²) in [5.41, 5.74) is 0.922. The van der Waals surface area contributed by atoms with E-state index in [-0.39, 0.29) is 35.6 Å². The molecule has 2 aromatic carbocycles. The number of carbonyl (C=O) groups excluding carboxylic acids is 1. The number of phenolic OH excluding ortho intramolecular Hbond substituents is 2. The number of benzene rings is 2. The second-order valence-corrected chi connectivity index (χ2v) is 11.5. The maximum absolute atomic E-state index is 12.3. The number of hydrogen-bond acceptors (Lipinski definition) is 14. The largest absolute Gasteiger partial charge is 0.508 e. The number of aliphatic imine (C=N–C) groups is 1. The van der Waals surface area contributed by atoms with Gasteiger partial charge in [-0.1, -0.05) is 12.1 Å². The highest BCUT2D eigenvalue weighted by molar-refractivity contribution is 6.41. The number of anilines is 1. The van der Waals surface area contributed by atoms with Crippen molar-refractivity contribution in [3.63, 3.8) is 0 Å². The summed E-state index contributed by atoms with van der Waals surface area (Å²) in [4.78, 5) is 52.4. The molecule has 7 unspecified atom stereocenters. The van der Waals surface area contributed by atoms with E-state index in [4.69, 9.17) is 14.2 Å². The fourth-order valence-electron chi connectivity index (χ4n) is 5.46. The number of fused-ring (bicyclic) bond motifs is 1. The molecular weight excluding hydrogens is 664 g/mol. The standard InChI is InChI=1S/C33H32N2O15/c36-18-4-1-15(2-5-18)3-6-26(38)48-14-25-27(39)28(40)29(41)33(50-25)49-24-13-21-17(12-23(24)37)11-22(32(46)47)35(21)8-7-16-9-19(30(42)43)34-20(10-16)31(44)45/h1-9,12-13,20,22,25,27-29,33,36-37,39-41H,10-11,14H2,(H,42,43)(H,44,45)(H,46,47). The van der Waals surface area contributed by atoms with Crippen LogP contribution in [0.4, 0.5) is 5.69 Å². The van der Waals surface area contributed by atoms with Gasteiger partial charge < -0.3 is 60.0 Å². The molecular formula is C33H32N2O15. The molecule has 17 heteroatoms. The second-order valence-electron chi connectivity index (χ2n) is 11.5. The Bertz CT molecular complexity index is 1780. The highest BCUT2D eigenvalue weighted by Crippen LogP contribution is 2.42. The number of carbonyl (C=O) groups is 4. The van der Waals surface area contributed by atoms with Gasteiger partial charge in [0, 0.05) is 36.9 Å². The van der Waals surface area contributed by atoms with Crippen LogP contribution < -0.4 is 9.64 Å². The monoisotopic (exact) mass is 696 g/mol. The molecule has 17 nitrogen and oxygen atoms in total. The van der Waals surface area contributed by atoms with Crippen LogP contribution in [0.25, 0.3) is 6.08 Å². The number of aliphatic hydroxyl groups is 3. The summed E-state index contributed by atoms with van der Waals surface area (Å²) in [7, 11) is 0. The molecule has 264 valence electrons. The van der Waals surface area contributed by atoms with Crippen LogP contribution in [0.2, 0.25) is 0 Å². The lowest BCUT2D eigenvalue weighted by Crippen LogP contribution is -2.60. The van der Waals surface area contributed by atoms with Crippen LogP contribution in [0.5, 0.6) is 17.2 Å². The topological polar surface area (TPSA) is 273 Å². The van der Waals surface area contributed by atoms with Gasteiger partial charge in [0.2, 0.25) is 6.29 Å². The molecule has 0 bridgehead atoms. The number of dihydropyridines is 1. The summed E-state index contributed by atoms with van der Waals surface area (Å²) in [6.07, 6.45) is -2.44. The van der Waals surface area contributed by atoms with Crippen molar-refractivity contribution in [2.75, 3.05) is 11.5 Å². The zero-order valence-electron chi connectivity index (χ0n) is 25.8. The summed E-state index contributed by atoms with van der Waals surface area (Å²) in [5.74, 6) is -5.64. The number of nitrogens with zero attached hydrogens (tertiary/aromatic N) is 2. The third-order valence-corrected chi connectivity index (χ3v) is 8.08. The van der Waals surface area contributed by atoms with Crippen molar-refractivity contribution in [1.29, 1.82) is 0 Å². The van der Waals surface area contributed by atoms with Crippen molar-refractivity contribution in [1.82, 2.24) is 0 Å². The smallest absolute Gasteiger partial charge is 0.354 e. The van der Waals surface area contributed by atoms with Gasteiger partial charge in [0.05, 0.1) is 0 Å². The predicted octanol–water partition coefficient (Wildman–Crippen LogP) is 0.179. The first-order valence-electron chi connectivity index (χ1n) is 15.0. The summed E-state index contributed by atoms with van der Waals surface area (Å²) < 4.78 is 16.4. The van der Waals surface area contributed by atoms with Gasteiger partial charge in [-0.3, -0.25) is 4.99 Å². The zero-order valence-corrected chi connectivity index (χ0v) is 25.8. The fraction of sp³-hybridized carbons (Fsp3) is 0.303. The van der Waals surface area contributed by atoms with E-state index in [1.54, 1.807) is 12.1 Å². The number of phenols is 2. The molecule has 3 aliphatic rings. The number of aliphatic hydroxyl groups excluding tert-OH is 3. The van der Waals surface area contributed by atoms with Crippen LogP contribution >= 0.6 is 0 Å². The maximum Gasteiger partial charge on any atom is 0.354 e. The molecule has 5 rings (SSSR count). The van der Waals surface area contributed by atoms with Crippen molar-refractivity contribution in [2.24, 2.45) is 4.99 Å². The molecule has 3 aliphatic heterocycles. The Hall–Kier alpha value is -5.75. The van der Waals surface area contributed by atoms with Gasteiger partial charge in [0.15, 0.2) is 17.5 Å². The number of allylic oxidation sites excluding steroid dienone is 1. The Morgan fingerprint density at radius 3 is 2.30 bits per heavy atom. The SMILES string of the molecule is O=C(C=Cc1ccc(O)cc1)OCC1OC(Oc2cc3c(cc2O)CC(C(=O)O)N3C=CC2=CC(C(=O)O)=NC(C(=O)O)C2)C(O)C(O)C1O. The van der Waals surface area contributed by atoms with Crippen molar-refractivity contribution in [3.05, 3.63) is 77.5 Å². The third-order valence-electron chi connectivity index (χ3n) is 8.08. The number of esters is 1. The molecule has 0 amide bonds. The summed E-state index contributed by atoms with van der Waals surface area (Å²) in [5, 5.41) is 80.4. The van der Waals surface area contributed by atoms with Crippen LogP contribution in [0.1, 0.15) is 17.5 Å². The molecule has 0 aromatic heterocycles. The molecule has 2 aromatic rings. The van der Waals surface area contributed by atoms with Crippen molar-refractivity contribution in [2.45, 2.75) is 55.6 Å². The number of ether oxygens (including phenoxy) is 3. The van der Waals surface area contributed by atoms with Gasteiger partial charge in [0.1, 0.15) is 48.5 Å². The number of rotatable bonds is 11. The number of carboxylic acids is 3. The van der Waals surface area contributed by atoms with Crippen molar-refractivity contribution >= 4 is 41.4 Å². The number of aromatic hydroxyl groups is 2. The minimum atomic E-state index is -1.85. The number of aliphatic carboxylic acids is 3. The first kappa shape index (κ1) is 35.6. The van der Waals surface area contributed by atoms with Crippen LogP contribution in [0.3, 0.4) is 0 Å². The van der Waals surface area contributed by atoms with Gasteiger partial charge in [0.25, 0.3) is 0 Å². The first-order valence-corrected chi connectivity index (χ1v) is 15.0. The van der Waals surface area contributed by atoms with Gasteiger partial charge in [-0.25, -0.2) is 19.2 Å². The molecule has 1 saturated heterocycles. The van der Waals surface area contributed by atoms with Crippen LogP contribution in [-0.2, 0) is 35.1 Å². The molecule has 0 spiro atoms. The lowest BCUT2D eigenvalue weighted by atomic mass is 9.99. The van der Waals surface area contributed by atoms with E-state index in [1.807, 2.05) is 0 Å². The lowest BCUT2D eigenvalue weighted by Gasteiger charge is -2.40. The third kappa shape index (κ3) is 7.92. The van der Waals surface area contributed by atoms with Crippen LogP contribution in [0.15, 0.2) is 71.4 Å². The second kappa shape index (κ2) is 14.8. The Balaban J connectivity index is 1.32. The average molecular weight is 697 g/mol. The average Bonchev–Trinajstić information content (AvgIpc) is 3.43. The van der Waals surface area contributed by atoms with E-state index in [1.165, 1.54) is 47.5 Å². The lowest BCUT2D eigenvalue weighted by molar-refractivity contribution is -0.278. The predicted molar refractivity (Wildman–Crippen MR) is 169 cm³/mol. The quantitative estimate of drug-likeness (QED) is 0.115. The van der Waals surface area contributed by atoms with E-state index in [2.05, 4.69) is 4.99 Å². The summed E-state index contributed by atoms with van der Waals surface area (Å²) in [6, 6.07) is 5.85. The van der Waals surface area contributed by atoms with E-state index >= 15 is 0 Å².